The second-order valence-corrected chi connectivity index (χ2v) is 8.32. The Morgan fingerprint density at radius 1 is 1.11 bits per heavy atom. The van der Waals surface area contributed by atoms with Crippen LogP contribution in [-0.2, 0) is 20.4 Å². The molecule has 0 saturated heterocycles. The molecule has 2 N–H and O–H groups in total. The highest BCUT2D eigenvalue weighted by Crippen LogP contribution is 2.32. The highest BCUT2D eigenvalue weighted by molar-refractivity contribution is 6.04. The second kappa shape index (κ2) is 11.9. The molecular weight excluding hydrogens is 491 g/mol. The van der Waals surface area contributed by atoms with Crippen LogP contribution in [0, 0.1) is 0 Å². The quantitative estimate of drug-likeness (QED) is 0.363. The van der Waals surface area contributed by atoms with Crippen molar-refractivity contribution in [3.63, 3.8) is 0 Å². The lowest BCUT2D eigenvalue weighted by molar-refractivity contribution is -0.141. The molecule has 0 bridgehead atoms. The summed E-state index contributed by atoms with van der Waals surface area (Å²) in [5.74, 6) is -1.30. The van der Waals surface area contributed by atoms with E-state index in [9.17, 15) is 27.6 Å². The first kappa shape index (κ1) is 27.7. The number of benzene rings is 2. The van der Waals surface area contributed by atoms with Crippen LogP contribution in [0.25, 0.3) is 0 Å². The number of nitrogens with zero attached hydrogens (tertiary/aromatic N) is 1. The van der Waals surface area contributed by atoms with Gasteiger partial charge < -0.3 is 20.1 Å². The Bertz CT molecular complexity index is 1180. The van der Waals surface area contributed by atoms with E-state index in [-0.39, 0.29) is 30.4 Å². The van der Waals surface area contributed by atoms with Crippen molar-refractivity contribution in [2.45, 2.75) is 32.5 Å². The molecule has 2 aromatic carbocycles. The van der Waals surface area contributed by atoms with Gasteiger partial charge in [-0.05, 0) is 49.2 Å². The van der Waals surface area contributed by atoms with E-state index in [0.29, 0.717) is 29.9 Å². The molecule has 1 heterocycles. The fourth-order valence-electron chi connectivity index (χ4n) is 3.88. The smallest absolute Gasteiger partial charge is 0.416 e. The van der Waals surface area contributed by atoms with E-state index >= 15 is 0 Å². The average molecular weight is 520 g/mol. The molecule has 11 heteroatoms. The van der Waals surface area contributed by atoms with Gasteiger partial charge in [0.25, 0.3) is 5.91 Å². The number of esters is 1. The van der Waals surface area contributed by atoms with E-state index in [1.165, 1.54) is 30.2 Å². The van der Waals surface area contributed by atoms with E-state index in [4.69, 9.17) is 9.47 Å². The topological polar surface area (TPSA) is 97.0 Å². The van der Waals surface area contributed by atoms with Crippen LogP contribution in [0.4, 0.5) is 23.7 Å². The van der Waals surface area contributed by atoms with Gasteiger partial charge in [-0.3, -0.25) is 9.69 Å². The third kappa shape index (κ3) is 6.67. The van der Waals surface area contributed by atoms with Crippen LogP contribution >= 0.6 is 0 Å². The van der Waals surface area contributed by atoms with E-state index in [0.717, 1.165) is 18.2 Å². The molecule has 0 spiro atoms. The van der Waals surface area contributed by atoms with Gasteiger partial charge in [-0.15, -0.1) is 0 Å². The number of carbonyl (C=O) groups is 3. The molecule has 198 valence electrons. The van der Waals surface area contributed by atoms with Crippen LogP contribution in [0.15, 0.2) is 59.8 Å². The fourth-order valence-corrected chi connectivity index (χ4v) is 3.88. The molecular formula is C26H28F3N3O5. The lowest BCUT2D eigenvalue weighted by atomic mass is 9.94. The van der Waals surface area contributed by atoms with E-state index < -0.39 is 29.7 Å². The van der Waals surface area contributed by atoms with Gasteiger partial charge in [-0.2, -0.15) is 13.2 Å². The van der Waals surface area contributed by atoms with E-state index in [2.05, 4.69) is 10.6 Å². The highest BCUT2D eigenvalue weighted by atomic mass is 19.4. The molecule has 0 fully saturated rings. The number of anilines is 1. The Balaban J connectivity index is 1.83. The summed E-state index contributed by atoms with van der Waals surface area (Å²) in [6.45, 7) is 4.27. The molecule has 37 heavy (non-hydrogen) atoms. The number of ether oxygens (including phenoxy) is 2. The molecule has 3 rings (SSSR count). The first-order valence-electron chi connectivity index (χ1n) is 11.6. The van der Waals surface area contributed by atoms with Crippen LogP contribution in [0.5, 0.6) is 0 Å². The van der Waals surface area contributed by atoms with Gasteiger partial charge in [-0.25, -0.2) is 9.59 Å². The molecule has 0 radical (unpaired) electrons. The van der Waals surface area contributed by atoms with E-state index in [1.54, 1.807) is 19.1 Å². The average Bonchev–Trinajstić information content (AvgIpc) is 2.86. The predicted molar refractivity (Wildman–Crippen MR) is 130 cm³/mol. The van der Waals surface area contributed by atoms with Crippen LogP contribution in [0.2, 0.25) is 0 Å². The maximum absolute atomic E-state index is 13.0. The number of methoxy groups -OCH3 is 1. The SMILES string of the molecule is CCCN1C(=O)NC(c2ccc(NC(=O)c3cccc(C(F)(F)F)c3)cc2)C(C(=O)OCCOC)=C1C. The third-order valence-electron chi connectivity index (χ3n) is 5.74. The molecule has 1 aliphatic heterocycles. The molecule has 3 amide bonds. The minimum absolute atomic E-state index is 0.0427. The van der Waals surface area contributed by atoms with Gasteiger partial charge >= 0.3 is 18.2 Å². The lowest BCUT2D eigenvalue weighted by Gasteiger charge is -2.35. The maximum atomic E-state index is 13.0. The van der Waals surface area contributed by atoms with Gasteiger partial charge in [0, 0.05) is 30.6 Å². The Kier molecular flexibility index (Phi) is 8.93. The molecule has 0 saturated carbocycles. The van der Waals surface area contributed by atoms with Crippen molar-refractivity contribution >= 4 is 23.6 Å². The second-order valence-electron chi connectivity index (χ2n) is 8.32. The standard InChI is InChI=1S/C26H28F3N3O5/c1-4-12-32-16(2)21(24(34)37-14-13-36-3)22(31-25(32)35)17-8-10-20(11-9-17)30-23(33)18-6-5-7-19(15-18)26(27,28)29/h5-11,15,22H,4,12-14H2,1-3H3,(H,30,33)(H,31,35). The Morgan fingerprint density at radius 3 is 2.43 bits per heavy atom. The molecule has 2 aromatic rings. The number of halogens is 3. The first-order valence-corrected chi connectivity index (χ1v) is 11.6. The molecule has 8 nitrogen and oxygen atoms in total. The summed E-state index contributed by atoms with van der Waals surface area (Å²) in [6, 6.07) is 9.24. The summed E-state index contributed by atoms with van der Waals surface area (Å²) in [5.41, 5.74) is 0.553. The lowest BCUT2D eigenvalue weighted by Crippen LogP contribution is -2.48. The molecule has 1 atom stereocenters. The highest BCUT2D eigenvalue weighted by Gasteiger charge is 2.36. The number of allylic oxidation sites excluding steroid dienone is 1. The van der Waals surface area contributed by atoms with Crippen molar-refractivity contribution < 1.29 is 37.0 Å². The molecule has 1 unspecified atom stereocenters. The van der Waals surface area contributed by atoms with Gasteiger partial charge in [-0.1, -0.05) is 25.1 Å². The van der Waals surface area contributed by atoms with Gasteiger partial charge in [0.15, 0.2) is 0 Å². The molecule has 0 aliphatic carbocycles. The third-order valence-corrected chi connectivity index (χ3v) is 5.74. The Hall–Kier alpha value is -3.86. The summed E-state index contributed by atoms with van der Waals surface area (Å²) in [5, 5.41) is 5.39. The number of amides is 3. The molecule has 1 aliphatic rings. The zero-order valence-electron chi connectivity index (χ0n) is 20.6. The number of carbonyl (C=O) groups excluding carboxylic acids is 3. The van der Waals surface area contributed by atoms with Crippen molar-refractivity contribution in [2.24, 2.45) is 0 Å². The van der Waals surface area contributed by atoms with Crippen molar-refractivity contribution in [2.75, 3.05) is 32.2 Å². The van der Waals surface area contributed by atoms with Crippen molar-refractivity contribution in [3.8, 4) is 0 Å². The first-order chi connectivity index (χ1) is 17.6. The number of hydrogen-bond donors (Lipinski definition) is 2. The fraction of sp³-hybridized carbons (Fsp3) is 0.346. The summed E-state index contributed by atoms with van der Waals surface area (Å²) in [4.78, 5) is 39.7. The van der Waals surface area contributed by atoms with Gasteiger partial charge in [0.05, 0.1) is 23.8 Å². The maximum Gasteiger partial charge on any atom is 0.416 e. The summed E-state index contributed by atoms with van der Waals surface area (Å²) < 4.78 is 49.2. The van der Waals surface area contributed by atoms with Crippen molar-refractivity contribution in [1.29, 1.82) is 0 Å². The number of nitrogens with one attached hydrogen (secondary N) is 2. The van der Waals surface area contributed by atoms with Crippen molar-refractivity contribution in [1.82, 2.24) is 10.2 Å². The largest absolute Gasteiger partial charge is 0.460 e. The minimum atomic E-state index is -4.57. The van der Waals surface area contributed by atoms with Crippen LogP contribution in [-0.4, -0.2) is 49.7 Å². The normalized spacial score (nSPS) is 15.9. The van der Waals surface area contributed by atoms with Crippen LogP contribution in [0.3, 0.4) is 0 Å². The minimum Gasteiger partial charge on any atom is -0.460 e. The molecule has 0 aromatic heterocycles. The zero-order chi connectivity index (χ0) is 27.2. The van der Waals surface area contributed by atoms with Crippen molar-refractivity contribution in [3.05, 3.63) is 76.5 Å². The van der Waals surface area contributed by atoms with Crippen LogP contribution in [0.1, 0.15) is 47.8 Å². The number of alkyl halides is 3. The predicted octanol–water partition coefficient (Wildman–Crippen LogP) is 4.90. The van der Waals surface area contributed by atoms with E-state index in [1.807, 2.05) is 6.92 Å². The summed E-state index contributed by atoms with van der Waals surface area (Å²) in [6.07, 6.45) is -3.88. The van der Waals surface area contributed by atoms with Gasteiger partial charge in [0.2, 0.25) is 0 Å². The number of rotatable bonds is 9. The monoisotopic (exact) mass is 519 g/mol. The summed E-state index contributed by atoms with van der Waals surface area (Å²) >= 11 is 0. The van der Waals surface area contributed by atoms with Crippen LogP contribution < -0.4 is 10.6 Å². The zero-order valence-corrected chi connectivity index (χ0v) is 20.6. The van der Waals surface area contributed by atoms with Gasteiger partial charge in [0.1, 0.15) is 6.61 Å². The Morgan fingerprint density at radius 2 is 1.81 bits per heavy atom. The Labute approximate surface area is 212 Å². The summed E-state index contributed by atoms with van der Waals surface area (Å²) in [7, 11) is 1.48. The number of hydrogen-bond acceptors (Lipinski definition) is 5. The number of urea groups is 1.